The summed E-state index contributed by atoms with van der Waals surface area (Å²) in [6, 6.07) is -0.533. The van der Waals surface area contributed by atoms with Gasteiger partial charge in [-0.2, -0.15) is 5.10 Å². The van der Waals surface area contributed by atoms with Crippen molar-refractivity contribution >= 4 is 23.2 Å². The van der Waals surface area contributed by atoms with Gasteiger partial charge >= 0.3 is 0 Å². The number of aromatic nitrogens is 2. The summed E-state index contributed by atoms with van der Waals surface area (Å²) in [6.45, 7) is 4.09. The fraction of sp³-hybridized carbons (Fsp3) is 0.583. The van der Waals surface area contributed by atoms with Crippen molar-refractivity contribution in [1.82, 2.24) is 15.1 Å². The molecule has 20 heavy (non-hydrogen) atoms. The quantitative estimate of drug-likeness (QED) is 0.669. The van der Waals surface area contributed by atoms with E-state index in [2.05, 4.69) is 15.7 Å². The lowest BCUT2D eigenvalue weighted by atomic mass is 10.3. The summed E-state index contributed by atoms with van der Waals surface area (Å²) in [6.07, 6.45) is 2.21. The van der Waals surface area contributed by atoms with Gasteiger partial charge in [0.2, 0.25) is 5.91 Å². The lowest BCUT2D eigenvalue weighted by molar-refractivity contribution is -0.121. The van der Waals surface area contributed by atoms with Gasteiger partial charge in [0.05, 0.1) is 25.0 Å². The molecule has 1 unspecified atom stereocenters. The topological polar surface area (TPSA) is 96.2 Å². The molecule has 1 heterocycles. The molecule has 0 aromatic carbocycles. The maximum absolute atomic E-state index is 11.8. The molecule has 0 bridgehead atoms. The number of nitrogens with zero attached hydrogens (tertiary/aromatic N) is 2. The van der Waals surface area contributed by atoms with Crippen molar-refractivity contribution in [2.75, 3.05) is 18.5 Å². The van der Waals surface area contributed by atoms with Crippen LogP contribution in [-0.4, -0.2) is 40.0 Å². The van der Waals surface area contributed by atoms with Gasteiger partial charge in [0, 0.05) is 6.54 Å². The first kappa shape index (κ1) is 16.5. The Labute approximate surface area is 121 Å². The maximum atomic E-state index is 11.8. The van der Waals surface area contributed by atoms with E-state index in [0.29, 0.717) is 12.2 Å². The predicted octanol–water partition coefficient (Wildman–Crippen LogP) is 0.216. The zero-order chi connectivity index (χ0) is 15.1. The fourth-order valence-corrected chi connectivity index (χ4v) is 1.72. The molecular weight excluding hydrogens is 284 g/mol. The van der Waals surface area contributed by atoms with Crippen LogP contribution in [0.15, 0.2) is 11.0 Å². The molecule has 1 amide bonds. The molecule has 0 saturated heterocycles. The number of carbonyl (C=O) groups excluding carboxylic acids is 1. The Morgan fingerprint density at radius 3 is 2.90 bits per heavy atom. The Hall–Kier alpha value is -1.60. The number of anilines is 1. The highest BCUT2D eigenvalue weighted by atomic mass is 35.5. The molecule has 7 nitrogen and oxygen atoms in total. The van der Waals surface area contributed by atoms with Crippen molar-refractivity contribution in [1.29, 1.82) is 0 Å². The average molecular weight is 303 g/mol. The smallest absolute Gasteiger partial charge is 0.287 e. The number of rotatable bonds is 7. The summed E-state index contributed by atoms with van der Waals surface area (Å²) >= 11 is 5.94. The molecule has 0 radical (unpaired) electrons. The molecule has 0 spiro atoms. The van der Waals surface area contributed by atoms with E-state index in [1.54, 1.807) is 6.92 Å². The summed E-state index contributed by atoms with van der Waals surface area (Å²) in [5.41, 5.74) is -0.211. The van der Waals surface area contributed by atoms with Gasteiger partial charge in [-0.1, -0.05) is 18.5 Å². The predicted molar refractivity (Wildman–Crippen MR) is 77.0 cm³/mol. The minimum atomic E-state index is -0.533. The average Bonchev–Trinajstić information content (AvgIpc) is 2.44. The molecule has 8 heteroatoms. The van der Waals surface area contributed by atoms with E-state index in [1.165, 1.54) is 6.20 Å². The summed E-state index contributed by atoms with van der Waals surface area (Å²) in [5, 5.41) is 18.2. The Morgan fingerprint density at radius 1 is 1.60 bits per heavy atom. The van der Waals surface area contributed by atoms with E-state index in [4.69, 9.17) is 16.7 Å². The van der Waals surface area contributed by atoms with Crippen LogP contribution in [0.2, 0.25) is 5.02 Å². The van der Waals surface area contributed by atoms with Crippen LogP contribution < -0.4 is 16.2 Å². The van der Waals surface area contributed by atoms with E-state index >= 15 is 0 Å². The first-order valence-corrected chi connectivity index (χ1v) is 6.79. The SMILES string of the molecule is CCCNC(=O)C(C)Nc1cnn(CCO)c(=O)c1Cl. The van der Waals surface area contributed by atoms with Crippen LogP contribution in [0.3, 0.4) is 0 Å². The van der Waals surface area contributed by atoms with Crippen LogP contribution in [0, 0.1) is 0 Å². The van der Waals surface area contributed by atoms with Crippen molar-refractivity contribution in [3.63, 3.8) is 0 Å². The molecule has 1 aromatic rings. The number of amides is 1. The second kappa shape index (κ2) is 7.86. The van der Waals surface area contributed by atoms with Gasteiger partial charge < -0.3 is 15.7 Å². The lowest BCUT2D eigenvalue weighted by Gasteiger charge is -2.16. The second-order valence-corrected chi connectivity index (χ2v) is 4.66. The van der Waals surface area contributed by atoms with Crippen molar-refractivity contribution in [3.05, 3.63) is 21.6 Å². The van der Waals surface area contributed by atoms with Crippen LogP contribution >= 0.6 is 11.6 Å². The van der Waals surface area contributed by atoms with E-state index < -0.39 is 11.6 Å². The van der Waals surface area contributed by atoms with Crippen LogP contribution in [-0.2, 0) is 11.3 Å². The largest absolute Gasteiger partial charge is 0.394 e. The molecule has 0 aliphatic carbocycles. The Balaban J connectivity index is 2.80. The standard InChI is InChI=1S/C12H19ClN4O3/c1-3-4-14-11(19)8(2)16-9-7-15-17(5-6-18)12(20)10(9)13/h7-8,16,18H,3-6H2,1-2H3,(H,14,19). The van der Waals surface area contributed by atoms with Gasteiger partial charge in [0.25, 0.3) is 5.56 Å². The zero-order valence-electron chi connectivity index (χ0n) is 11.5. The molecule has 1 atom stereocenters. The molecular formula is C12H19ClN4O3. The third-order valence-corrected chi connectivity index (χ3v) is 2.98. The number of aliphatic hydroxyl groups excluding tert-OH is 1. The molecule has 112 valence electrons. The van der Waals surface area contributed by atoms with Gasteiger partial charge in [-0.25, -0.2) is 4.68 Å². The van der Waals surface area contributed by atoms with Crippen LogP contribution in [0.1, 0.15) is 20.3 Å². The number of halogens is 1. The molecule has 0 saturated carbocycles. The molecule has 0 aliphatic rings. The Morgan fingerprint density at radius 2 is 2.30 bits per heavy atom. The fourth-order valence-electron chi connectivity index (χ4n) is 1.52. The normalized spacial score (nSPS) is 12.0. The highest BCUT2D eigenvalue weighted by molar-refractivity contribution is 6.33. The maximum Gasteiger partial charge on any atom is 0.287 e. The van der Waals surface area contributed by atoms with Crippen molar-refractivity contribution in [3.8, 4) is 0 Å². The summed E-state index contributed by atoms with van der Waals surface area (Å²) in [7, 11) is 0. The molecule has 0 aliphatic heterocycles. The van der Waals surface area contributed by atoms with E-state index in [9.17, 15) is 9.59 Å². The van der Waals surface area contributed by atoms with Gasteiger partial charge in [-0.15, -0.1) is 0 Å². The Bertz CT molecular complexity index is 518. The van der Waals surface area contributed by atoms with E-state index in [-0.39, 0.29) is 24.1 Å². The first-order chi connectivity index (χ1) is 9.51. The second-order valence-electron chi connectivity index (χ2n) is 4.28. The minimum Gasteiger partial charge on any atom is -0.394 e. The van der Waals surface area contributed by atoms with Crippen LogP contribution in [0.25, 0.3) is 0 Å². The summed E-state index contributed by atoms with van der Waals surface area (Å²) < 4.78 is 1.06. The van der Waals surface area contributed by atoms with E-state index in [1.807, 2.05) is 6.92 Å². The van der Waals surface area contributed by atoms with Crippen molar-refractivity contribution in [2.24, 2.45) is 0 Å². The third kappa shape index (κ3) is 4.21. The van der Waals surface area contributed by atoms with Crippen LogP contribution in [0.5, 0.6) is 0 Å². The third-order valence-electron chi connectivity index (χ3n) is 2.61. The summed E-state index contributed by atoms with van der Waals surface area (Å²) in [4.78, 5) is 23.5. The monoisotopic (exact) mass is 302 g/mol. The number of hydrogen-bond donors (Lipinski definition) is 3. The number of aliphatic hydroxyl groups is 1. The lowest BCUT2D eigenvalue weighted by Crippen LogP contribution is -2.38. The minimum absolute atomic E-state index is 0.0522. The summed E-state index contributed by atoms with van der Waals surface area (Å²) in [5.74, 6) is -0.178. The number of nitrogens with one attached hydrogen (secondary N) is 2. The zero-order valence-corrected chi connectivity index (χ0v) is 12.3. The highest BCUT2D eigenvalue weighted by Crippen LogP contribution is 2.16. The van der Waals surface area contributed by atoms with Crippen molar-refractivity contribution < 1.29 is 9.90 Å². The van der Waals surface area contributed by atoms with Crippen LogP contribution in [0.4, 0.5) is 5.69 Å². The van der Waals surface area contributed by atoms with Gasteiger partial charge in [-0.05, 0) is 13.3 Å². The molecule has 1 rings (SSSR count). The first-order valence-electron chi connectivity index (χ1n) is 6.42. The number of hydrogen-bond acceptors (Lipinski definition) is 5. The van der Waals surface area contributed by atoms with Gasteiger partial charge in [0.1, 0.15) is 11.1 Å². The highest BCUT2D eigenvalue weighted by Gasteiger charge is 2.15. The van der Waals surface area contributed by atoms with Gasteiger partial charge in [-0.3, -0.25) is 9.59 Å². The molecule has 3 N–H and O–H groups in total. The molecule has 0 fully saturated rings. The van der Waals surface area contributed by atoms with Gasteiger partial charge in [0.15, 0.2) is 0 Å². The van der Waals surface area contributed by atoms with Crippen molar-refractivity contribution in [2.45, 2.75) is 32.9 Å². The number of carbonyl (C=O) groups is 1. The van der Waals surface area contributed by atoms with E-state index in [0.717, 1.165) is 11.1 Å². The molecule has 1 aromatic heterocycles. The Kier molecular flexibility index (Phi) is 6.47.